The summed E-state index contributed by atoms with van der Waals surface area (Å²) in [6, 6.07) is 15.2. The number of hydrogen-bond acceptors (Lipinski definition) is 4. The topological polar surface area (TPSA) is 55.4 Å². The maximum atomic E-state index is 13.5. The average Bonchev–Trinajstić information content (AvgIpc) is 3.34. The Morgan fingerprint density at radius 3 is 2.48 bits per heavy atom. The maximum absolute atomic E-state index is 13.5. The number of benzene rings is 2. The SMILES string of the molecule is CCOC(=O)c1c(NC(=O)C2(c3ccc(Cl)cc3)CCCC2)sc2ccccc12. The molecule has 4 nitrogen and oxygen atoms in total. The van der Waals surface area contributed by atoms with Gasteiger partial charge in [0.05, 0.1) is 12.0 Å². The van der Waals surface area contributed by atoms with Gasteiger partial charge in [-0.2, -0.15) is 0 Å². The Morgan fingerprint density at radius 1 is 1.10 bits per heavy atom. The second-order valence-electron chi connectivity index (χ2n) is 7.27. The Hall–Kier alpha value is -2.37. The maximum Gasteiger partial charge on any atom is 0.341 e. The smallest absolute Gasteiger partial charge is 0.341 e. The zero-order valence-electron chi connectivity index (χ0n) is 16.2. The molecule has 1 heterocycles. The molecular formula is C23H22ClNO3S. The van der Waals surface area contributed by atoms with E-state index in [1.807, 2.05) is 48.5 Å². The van der Waals surface area contributed by atoms with Crippen LogP contribution in [0.1, 0.15) is 48.5 Å². The Balaban J connectivity index is 1.73. The van der Waals surface area contributed by atoms with Gasteiger partial charge in [0, 0.05) is 15.1 Å². The molecule has 0 spiro atoms. The third-order valence-corrected chi connectivity index (χ3v) is 6.93. The number of esters is 1. The molecule has 1 saturated carbocycles. The van der Waals surface area contributed by atoms with Crippen LogP contribution in [0.25, 0.3) is 10.1 Å². The van der Waals surface area contributed by atoms with Crippen LogP contribution < -0.4 is 5.32 Å². The van der Waals surface area contributed by atoms with Crippen LogP contribution >= 0.6 is 22.9 Å². The van der Waals surface area contributed by atoms with E-state index >= 15 is 0 Å². The van der Waals surface area contributed by atoms with Crippen molar-refractivity contribution in [1.29, 1.82) is 0 Å². The van der Waals surface area contributed by atoms with Crippen molar-refractivity contribution < 1.29 is 14.3 Å². The van der Waals surface area contributed by atoms with Crippen molar-refractivity contribution >= 4 is 49.9 Å². The Morgan fingerprint density at radius 2 is 1.79 bits per heavy atom. The number of thiophene rings is 1. The van der Waals surface area contributed by atoms with Crippen molar-refractivity contribution in [2.45, 2.75) is 38.0 Å². The zero-order chi connectivity index (χ0) is 20.4. The summed E-state index contributed by atoms with van der Waals surface area (Å²) in [6.45, 7) is 2.06. The van der Waals surface area contributed by atoms with Crippen LogP contribution in [-0.4, -0.2) is 18.5 Å². The number of carbonyl (C=O) groups excluding carboxylic acids is 2. The highest BCUT2D eigenvalue weighted by atomic mass is 35.5. The number of fused-ring (bicyclic) bond motifs is 1. The quantitative estimate of drug-likeness (QED) is 0.494. The van der Waals surface area contributed by atoms with Crippen LogP contribution in [0.5, 0.6) is 0 Å². The van der Waals surface area contributed by atoms with E-state index in [-0.39, 0.29) is 12.5 Å². The summed E-state index contributed by atoms with van der Waals surface area (Å²) in [5, 5.41) is 5.09. The van der Waals surface area contributed by atoms with Crippen molar-refractivity contribution in [3.05, 3.63) is 64.7 Å². The lowest BCUT2D eigenvalue weighted by atomic mass is 9.78. The monoisotopic (exact) mass is 427 g/mol. The second-order valence-corrected chi connectivity index (χ2v) is 8.76. The van der Waals surface area contributed by atoms with Crippen molar-refractivity contribution in [1.82, 2.24) is 0 Å². The Kier molecular flexibility index (Phi) is 5.61. The summed E-state index contributed by atoms with van der Waals surface area (Å²) >= 11 is 7.46. The molecule has 0 radical (unpaired) electrons. The van der Waals surface area contributed by atoms with Gasteiger partial charge in [-0.05, 0) is 43.5 Å². The minimum Gasteiger partial charge on any atom is -0.462 e. The first-order valence-corrected chi connectivity index (χ1v) is 11.0. The first kappa shape index (κ1) is 19.9. The van der Waals surface area contributed by atoms with Crippen molar-refractivity contribution in [2.24, 2.45) is 0 Å². The molecule has 1 N–H and O–H groups in total. The first-order valence-electron chi connectivity index (χ1n) is 9.81. The molecule has 1 fully saturated rings. The molecule has 0 bridgehead atoms. The van der Waals surface area contributed by atoms with E-state index < -0.39 is 11.4 Å². The zero-order valence-corrected chi connectivity index (χ0v) is 17.7. The molecule has 1 aromatic heterocycles. The molecule has 3 aromatic rings. The van der Waals surface area contributed by atoms with Crippen LogP contribution in [0, 0.1) is 0 Å². The fraction of sp³-hybridized carbons (Fsp3) is 0.304. The molecule has 1 amide bonds. The van der Waals surface area contributed by atoms with Crippen LogP contribution in [0.2, 0.25) is 5.02 Å². The first-order chi connectivity index (χ1) is 14.0. The predicted octanol–water partition coefficient (Wildman–Crippen LogP) is 6.18. The normalized spacial score (nSPS) is 15.4. The Labute approximate surface area is 178 Å². The molecule has 0 aliphatic heterocycles. The summed E-state index contributed by atoms with van der Waals surface area (Å²) in [7, 11) is 0. The van der Waals surface area contributed by atoms with E-state index in [1.54, 1.807) is 6.92 Å². The van der Waals surface area contributed by atoms with E-state index in [0.717, 1.165) is 41.3 Å². The van der Waals surface area contributed by atoms with Crippen LogP contribution in [0.4, 0.5) is 5.00 Å². The number of halogens is 1. The minimum absolute atomic E-state index is 0.0746. The molecule has 29 heavy (non-hydrogen) atoms. The molecule has 1 aliphatic rings. The molecule has 0 atom stereocenters. The van der Waals surface area contributed by atoms with Crippen molar-refractivity contribution in [3.8, 4) is 0 Å². The Bertz CT molecular complexity index is 1050. The number of amides is 1. The number of anilines is 1. The van der Waals surface area contributed by atoms with Crippen LogP contribution in [0.15, 0.2) is 48.5 Å². The van der Waals surface area contributed by atoms with Crippen molar-refractivity contribution in [2.75, 3.05) is 11.9 Å². The van der Waals surface area contributed by atoms with Gasteiger partial charge < -0.3 is 10.1 Å². The third kappa shape index (κ3) is 3.65. The molecule has 4 rings (SSSR count). The standard InChI is InChI=1S/C23H22ClNO3S/c1-2-28-21(26)19-17-7-3-4-8-18(17)29-20(19)25-22(27)23(13-5-6-14-23)15-9-11-16(24)12-10-15/h3-4,7-12H,2,5-6,13-14H2,1H3,(H,25,27). The molecule has 6 heteroatoms. The second kappa shape index (κ2) is 8.17. The molecule has 2 aromatic carbocycles. The van der Waals surface area contributed by atoms with Gasteiger partial charge in [0.25, 0.3) is 0 Å². The number of nitrogens with one attached hydrogen (secondary N) is 1. The van der Waals surface area contributed by atoms with E-state index in [4.69, 9.17) is 16.3 Å². The number of ether oxygens (including phenoxy) is 1. The van der Waals surface area contributed by atoms with Gasteiger partial charge in [-0.3, -0.25) is 4.79 Å². The summed E-state index contributed by atoms with van der Waals surface area (Å²) < 4.78 is 6.21. The average molecular weight is 428 g/mol. The summed E-state index contributed by atoms with van der Waals surface area (Å²) in [5.74, 6) is -0.485. The highest BCUT2D eigenvalue weighted by Crippen LogP contribution is 2.44. The molecule has 0 unspecified atom stereocenters. The van der Waals surface area contributed by atoms with E-state index in [9.17, 15) is 9.59 Å². The summed E-state index contributed by atoms with van der Waals surface area (Å²) in [4.78, 5) is 26.2. The van der Waals surface area contributed by atoms with Gasteiger partial charge in [0.1, 0.15) is 10.6 Å². The molecule has 1 aliphatic carbocycles. The van der Waals surface area contributed by atoms with Gasteiger partial charge in [0.15, 0.2) is 0 Å². The fourth-order valence-corrected chi connectivity index (χ4v) is 5.37. The van der Waals surface area contributed by atoms with Crippen LogP contribution in [0.3, 0.4) is 0 Å². The van der Waals surface area contributed by atoms with Gasteiger partial charge in [0.2, 0.25) is 5.91 Å². The number of rotatable bonds is 5. The lowest BCUT2D eigenvalue weighted by Crippen LogP contribution is -2.38. The third-order valence-electron chi connectivity index (χ3n) is 5.59. The van der Waals surface area contributed by atoms with Gasteiger partial charge in [-0.1, -0.05) is 54.8 Å². The molecular weight excluding hydrogens is 406 g/mol. The lowest BCUT2D eigenvalue weighted by molar-refractivity contribution is -0.121. The van der Waals surface area contributed by atoms with E-state index in [1.165, 1.54) is 11.3 Å². The minimum atomic E-state index is -0.604. The predicted molar refractivity (Wildman–Crippen MR) is 118 cm³/mol. The molecule has 150 valence electrons. The highest BCUT2D eigenvalue weighted by Gasteiger charge is 2.43. The number of hydrogen-bond donors (Lipinski definition) is 1. The van der Waals surface area contributed by atoms with Crippen LogP contribution in [-0.2, 0) is 14.9 Å². The van der Waals surface area contributed by atoms with Gasteiger partial charge >= 0.3 is 5.97 Å². The fourth-order valence-electron chi connectivity index (χ4n) is 4.16. The van der Waals surface area contributed by atoms with Gasteiger partial charge in [-0.25, -0.2) is 4.79 Å². The highest BCUT2D eigenvalue weighted by molar-refractivity contribution is 7.23. The summed E-state index contributed by atoms with van der Waals surface area (Å²) in [6.07, 6.45) is 3.54. The van der Waals surface area contributed by atoms with Crippen molar-refractivity contribution in [3.63, 3.8) is 0 Å². The van der Waals surface area contributed by atoms with E-state index in [2.05, 4.69) is 5.32 Å². The summed E-state index contributed by atoms with van der Waals surface area (Å²) in [5.41, 5.74) is 0.799. The lowest BCUT2D eigenvalue weighted by Gasteiger charge is -2.28. The van der Waals surface area contributed by atoms with Gasteiger partial charge in [-0.15, -0.1) is 11.3 Å². The number of carbonyl (C=O) groups is 2. The largest absolute Gasteiger partial charge is 0.462 e. The molecule has 0 saturated heterocycles. The van der Waals surface area contributed by atoms with E-state index in [0.29, 0.717) is 15.6 Å².